The van der Waals surface area contributed by atoms with E-state index in [1.165, 1.54) is 12.8 Å². The van der Waals surface area contributed by atoms with Crippen molar-refractivity contribution in [1.82, 2.24) is 10.3 Å². The smallest absolute Gasteiger partial charge is 0.339 e. The minimum atomic E-state index is -0.315. The monoisotopic (exact) mass is 291 g/mol. The minimum Gasteiger partial charge on any atom is -0.462 e. The highest BCUT2D eigenvalue weighted by Crippen LogP contribution is 2.18. The lowest BCUT2D eigenvalue weighted by atomic mass is 10.2. The third-order valence-corrected chi connectivity index (χ3v) is 3.76. The summed E-state index contributed by atoms with van der Waals surface area (Å²) in [5.74, 6) is 0.594. The molecule has 21 heavy (non-hydrogen) atoms. The van der Waals surface area contributed by atoms with Crippen LogP contribution >= 0.6 is 0 Å². The van der Waals surface area contributed by atoms with E-state index in [0.717, 1.165) is 18.9 Å². The maximum Gasteiger partial charge on any atom is 0.339 e. The standard InChI is InChI=1S/C16H25N3O2/c1-4-21-16(20)13-7-8-15(18-10-13)19(12(2)3)11-14-6-5-9-17-14/h7-8,10,12,14,17H,4-6,9,11H2,1-3H3. The van der Waals surface area contributed by atoms with Crippen LogP contribution in [-0.2, 0) is 4.74 Å². The zero-order valence-electron chi connectivity index (χ0n) is 13.1. The second kappa shape index (κ2) is 7.41. The summed E-state index contributed by atoms with van der Waals surface area (Å²) >= 11 is 0. The molecule has 1 aromatic heterocycles. The van der Waals surface area contributed by atoms with Gasteiger partial charge in [-0.15, -0.1) is 0 Å². The molecule has 1 fully saturated rings. The van der Waals surface area contributed by atoms with Gasteiger partial charge in [-0.2, -0.15) is 0 Å². The average Bonchev–Trinajstić information content (AvgIpc) is 2.98. The van der Waals surface area contributed by atoms with Crippen molar-refractivity contribution in [2.75, 3.05) is 24.6 Å². The minimum absolute atomic E-state index is 0.315. The molecule has 0 aliphatic carbocycles. The Labute approximate surface area is 126 Å². The summed E-state index contributed by atoms with van der Waals surface area (Å²) in [6, 6.07) is 4.59. The Morgan fingerprint density at radius 3 is 2.86 bits per heavy atom. The Balaban J connectivity index is 2.07. The Morgan fingerprint density at radius 2 is 2.33 bits per heavy atom. The first-order valence-electron chi connectivity index (χ1n) is 7.75. The number of esters is 1. The van der Waals surface area contributed by atoms with Crippen LogP contribution in [0.1, 0.15) is 44.0 Å². The molecule has 0 radical (unpaired) electrons. The van der Waals surface area contributed by atoms with Gasteiger partial charge in [0, 0.05) is 24.8 Å². The molecule has 0 aromatic carbocycles. The van der Waals surface area contributed by atoms with Crippen LogP contribution < -0.4 is 10.2 Å². The second-order valence-corrected chi connectivity index (χ2v) is 5.66. The highest BCUT2D eigenvalue weighted by atomic mass is 16.5. The molecule has 0 spiro atoms. The molecule has 2 heterocycles. The van der Waals surface area contributed by atoms with Gasteiger partial charge in [0.1, 0.15) is 5.82 Å². The normalized spacial score (nSPS) is 18.0. The summed E-state index contributed by atoms with van der Waals surface area (Å²) < 4.78 is 4.98. The first-order valence-corrected chi connectivity index (χ1v) is 7.75. The first kappa shape index (κ1) is 15.8. The Kier molecular flexibility index (Phi) is 5.56. The maximum atomic E-state index is 11.7. The molecule has 1 aromatic rings. The fraction of sp³-hybridized carbons (Fsp3) is 0.625. The van der Waals surface area contributed by atoms with Crippen LogP contribution in [0.5, 0.6) is 0 Å². The van der Waals surface area contributed by atoms with Gasteiger partial charge >= 0.3 is 5.97 Å². The lowest BCUT2D eigenvalue weighted by Gasteiger charge is -2.30. The molecular weight excluding hydrogens is 266 g/mol. The van der Waals surface area contributed by atoms with E-state index in [-0.39, 0.29) is 5.97 Å². The van der Waals surface area contributed by atoms with Crippen LogP contribution in [0.25, 0.3) is 0 Å². The SMILES string of the molecule is CCOC(=O)c1ccc(N(CC2CCCN2)C(C)C)nc1. The summed E-state index contributed by atoms with van der Waals surface area (Å²) in [7, 11) is 0. The Bertz CT molecular complexity index is 453. The lowest BCUT2D eigenvalue weighted by Crippen LogP contribution is -2.41. The van der Waals surface area contributed by atoms with Crippen molar-refractivity contribution in [3.05, 3.63) is 23.9 Å². The van der Waals surface area contributed by atoms with Crippen LogP contribution in [0.4, 0.5) is 5.82 Å². The number of nitrogens with one attached hydrogen (secondary N) is 1. The van der Waals surface area contributed by atoms with Gasteiger partial charge in [-0.3, -0.25) is 0 Å². The Morgan fingerprint density at radius 1 is 1.52 bits per heavy atom. The van der Waals surface area contributed by atoms with Gasteiger partial charge in [-0.1, -0.05) is 0 Å². The van der Waals surface area contributed by atoms with Gasteiger partial charge in [0.25, 0.3) is 0 Å². The summed E-state index contributed by atoms with van der Waals surface area (Å²) in [5, 5.41) is 3.51. The predicted molar refractivity (Wildman–Crippen MR) is 83.7 cm³/mol. The van der Waals surface area contributed by atoms with Crippen molar-refractivity contribution >= 4 is 11.8 Å². The van der Waals surface area contributed by atoms with E-state index < -0.39 is 0 Å². The molecule has 0 saturated carbocycles. The van der Waals surface area contributed by atoms with E-state index in [1.54, 1.807) is 19.2 Å². The van der Waals surface area contributed by atoms with Crippen LogP contribution in [0.15, 0.2) is 18.3 Å². The summed E-state index contributed by atoms with van der Waals surface area (Å²) in [5.41, 5.74) is 0.503. The molecule has 5 nitrogen and oxygen atoms in total. The molecule has 0 bridgehead atoms. The van der Waals surface area contributed by atoms with E-state index >= 15 is 0 Å². The van der Waals surface area contributed by atoms with E-state index in [4.69, 9.17) is 4.74 Å². The van der Waals surface area contributed by atoms with Crippen molar-refractivity contribution in [2.24, 2.45) is 0 Å². The number of ether oxygens (including phenoxy) is 1. The lowest BCUT2D eigenvalue weighted by molar-refractivity contribution is 0.0526. The maximum absolute atomic E-state index is 11.7. The molecule has 1 atom stereocenters. The number of hydrogen-bond acceptors (Lipinski definition) is 5. The molecule has 1 aliphatic heterocycles. The molecule has 1 N–H and O–H groups in total. The molecule has 1 saturated heterocycles. The molecule has 1 unspecified atom stereocenters. The summed E-state index contributed by atoms with van der Waals surface area (Å²) in [4.78, 5) is 18.4. The highest BCUT2D eigenvalue weighted by Gasteiger charge is 2.21. The molecule has 116 valence electrons. The van der Waals surface area contributed by atoms with Gasteiger partial charge in [-0.25, -0.2) is 9.78 Å². The number of pyridine rings is 1. The summed E-state index contributed by atoms with van der Waals surface area (Å²) in [6.07, 6.45) is 4.06. The van der Waals surface area contributed by atoms with Crippen molar-refractivity contribution in [1.29, 1.82) is 0 Å². The fourth-order valence-electron chi connectivity index (χ4n) is 2.61. The third kappa shape index (κ3) is 4.17. The number of carbonyl (C=O) groups excluding carboxylic acids is 1. The number of carbonyl (C=O) groups is 1. The molecule has 5 heteroatoms. The quantitative estimate of drug-likeness (QED) is 0.815. The van der Waals surface area contributed by atoms with E-state index in [9.17, 15) is 4.79 Å². The largest absolute Gasteiger partial charge is 0.462 e. The van der Waals surface area contributed by atoms with E-state index in [0.29, 0.717) is 24.3 Å². The van der Waals surface area contributed by atoms with Crippen LogP contribution in [-0.4, -0.2) is 42.7 Å². The zero-order chi connectivity index (χ0) is 15.2. The summed E-state index contributed by atoms with van der Waals surface area (Å²) in [6.45, 7) is 8.56. The van der Waals surface area contributed by atoms with Crippen molar-refractivity contribution in [3.63, 3.8) is 0 Å². The predicted octanol–water partition coefficient (Wildman–Crippen LogP) is 2.23. The highest BCUT2D eigenvalue weighted by molar-refractivity contribution is 5.89. The van der Waals surface area contributed by atoms with E-state index in [1.807, 2.05) is 6.07 Å². The van der Waals surface area contributed by atoms with Gasteiger partial charge < -0.3 is 15.0 Å². The fourth-order valence-corrected chi connectivity index (χ4v) is 2.61. The molecule has 2 rings (SSSR count). The first-order chi connectivity index (χ1) is 10.1. The van der Waals surface area contributed by atoms with Gasteiger partial charge in [0.2, 0.25) is 0 Å². The molecular formula is C16H25N3O2. The van der Waals surface area contributed by atoms with Crippen molar-refractivity contribution in [3.8, 4) is 0 Å². The number of rotatable bonds is 6. The van der Waals surface area contributed by atoms with Crippen LogP contribution in [0, 0.1) is 0 Å². The number of hydrogen-bond donors (Lipinski definition) is 1. The van der Waals surface area contributed by atoms with E-state index in [2.05, 4.69) is 29.0 Å². The topological polar surface area (TPSA) is 54.5 Å². The number of aromatic nitrogens is 1. The average molecular weight is 291 g/mol. The zero-order valence-corrected chi connectivity index (χ0v) is 13.1. The molecule has 0 amide bonds. The van der Waals surface area contributed by atoms with Crippen molar-refractivity contribution < 1.29 is 9.53 Å². The van der Waals surface area contributed by atoms with Gasteiger partial charge in [-0.05, 0) is 52.3 Å². The Hall–Kier alpha value is -1.62. The second-order valence-electron chi connectivity index (χ2n) is 5.66. The number of anilines is 1. The van der Waals surface area contributed by atoms with Gasteiger partial charge in [0.05, 0.1) is 12.2 Å². The van der Waals surface area contributed by atoms with Crippen LogP contribution in [0.2, 0.25) is 0 Å². The van der Waals surface area contributed by atoms with Crippen molar-refractivity contribution in [2.45, 2.75) is 45.7 Å². The third-order valence-electron chi connectivity index (χ3n) is 3.76. The molecule has 1 aliphatic rings. The van der Waals surface area contributed by atoms with Gasteiger partial charge in [0.15, 0.2) is 0 Å². The number of nitrogens with zero attached hydrogens (tertiary/aromatic N) is 2. The van der Waals surface area contributed by atoms with Crippen LogP contribution in [0.3, 0.4) is 0 Å².